The van der Waals surface area contributed by atoms with Crippen molar-refractivity contribution in [2.75, 3.05) is 6.61 Å². The summed E-state index contributed by atoms with van der Waals surface area (Å²) < 4.78 is 22.2. The maximum atomic E-state index is 12.5. The third-order valence-corrected chi connectivity index (χ3v) is 7.01. The van der Waals surface area contributed by atoms with Crippen molar-refractivity contribution in [2.24, 2.45) is 11.8 Å². The zero-order chi connectivity index (χ0) is 26.0. The number of rotatable bonds is 7. The van der Waals surface area contributed by atoms with Crippen LogP contribution in [0.1, 0.15) is 18.9 Å². The number of ether oxygens (including phenoxy) is 4. The molecule has 0 unspecified atom stereocenters. The lowest BCUT2D eigenvalue weighted by molar-refractivity contribution is -0.347. The summed E-state index contributed by atoms with van der Waals surface area (Å²) in [6.45, 7) is 0.779. The van der Waals surface area contributed by atoms with Gasteiger partial charge in [0, 0.05) is 17.6 Å². The van der Waals surface area contributed by atoms with Crippen LogP contribution in [0, 0.1) is 11.8 Å². The highest BCUT2D eigenvalue weighted by atomic mass is 16.8. The standard InChI is InChI=1S/C25H30O11/c1-25(32)17(35-18(28)8-7-13-5-3-2-4-6-13)9-15-14(10-26)12-33-23(19(15)25)36-24-22(31)21(30)20(29)16(11-27)34-24/h2-8,10,12,15-17,19-24,27,29-32H,9,11H2,1H3/b8-7+/t15-,16+,17-,19+,20+,21+,22-,23-,24-,25-/m0/s1. The molecule has 3 aliphatic rings. The van der Waals surface area contributed by atoms with Crippen molar-refractivity contribution in [3.8, 4) is 0 Å². The predicted octanol–water partition coefficient (Wildman–Crippen LogP) is -0.746. The lowest BCUT2D eigenvalue weighted by atomic mass is 9.81. The van der Waals surface area contributed by atoms with Crippen LogP contribution in [-0.4, -0.2) is 93.1 Å². The van der Waals surface area contributed by atoms with Gasteiger partial charge in [-0.2, -0.15) is 0 Å². The van der Waals surface area contributed by atoms with Crippen LogP contribution in [-0.2, 0) is 28.5 Å². The summed E-state index contributed by atoms with van der Waals surface area (Å²) in [6.07, 6.45) is -5.31. The van der Waals surface area contributed by atoms with E-state index in [-0.39, 0.29) is 12.0 Å². The summed E-state index contributed by atoms with van der Waals surface area (Å²) in [4.78, 5) is 24.2. The topological polar surface area (TPSA) is 172 Å². The number of esters is 1. The van der Waals surface area contributed by atoms with Crippen molar-refractivity contribution >= 4 is 18.3 Å². The smallest absolute Gasteiger partial charge is 0.331 e. The molecule has 11 heteroatoms. The van der Waals surface area contributed by atoms with E-state index in [4.69, 9.17) is 18.9 Å². The molecule has 1 aromatic rings. The van der Waals surface area contributed by atoms with Crippen molar-refractivity contribution in [2.45, 2.75) is 62.0 Å². The molecule has 2 heterocycles. The number of benzene rings is 1. The Balaban J connectivity index is 1.51. The van der Waals surface area contributed by atoms with Gasteiger partial charge >= 0.3 is 5.97 Å². The summed E-state index contributed by atoms with van der Waals surface area (Å²) in [5.74, 6) is -2.23. The number of carbonyl (C=O) groups excluding carboxylic acids is 2. The summed E-state index contributed by atoms with van der Waals surface area (Å²) in [6, 6.07) is 9.10. The molecule has 11 nitrogen and oxygen atoms in total. The first kappa shape index (κ1) is 26.4. The molecular formula is C25H30O11. The zero-order valence-electron chi connectivity index (χ0n) is 19.5. The number of hydrogen-bond donors (Lipinski definition) is 5. The normalized spacial score (nSPS) is 40.3. The number of allylic oxidation sites excluding steroid dienone is 1. The second-order valence-electron chi connectivity index (χ2n) is 9.34. The molecule has 36 heavy (non-hydrogen) atoms. The van der Waals surface area contributed by atoms with Crippen LogP contribution in [0.2, 0.25) is 0 Å². The Kier molecular flexibility index (Phi) is 7.90. The van der Waals surface area contributed by atoms with Crippen LogP contribution in [0.15, 0.2) is 48.2 Å². The molecule has 2 fully saturated rings. The molecule has 0 bridgehead atoms. The molecule has 1 aromatic carbocycles. The van der Waals surface area contributed by atoms with E-state index < -0.39 is 73.1 Å². The van der Waals surface area contributed by atoms with Gasteiger partial charge in [-0.1, -0.05) is 30.3 Å². The van der Waals surface area contributed by atoms with Gasteiger partial charge in [0.2, 0.25) is 6.29 Å². The number of aliphatic hydroxyl groups excluding tert-OH is 4. The minimum atomic E-state index is -1.72. The van der Waals surface area contributed by atoms with Gasteiger partial charge in [0.15, 0.2) is 6.29 Å². The van der Waals surface area contributed by atoms with Crippen molar-refractivity contribution < 1.29 is 54.1 Å². The monoisotopic (exact) mass is 506 g/mol. The van der Waals surface area contributed by atoms with E-state index in [0.717, 1.165) is 5.56 Å². The Hall–Kier alpha value is -2.64. The summed E-state index contributed by atoms with van der Waals surface area (Å²) in [5, 5.41) is 51.2. The fourth-order valence-electron chi connectivity index (χ4n) is 4.98. The molecule has 1 aliphatic carbocycles. The Morgan fingerprint density at radius 1 is 1.14 bits per heavy atom. The number of aliphatic hydroxyl groups is 5. The highest BCUT2D eigenvalue weighted by Crippen LogP contribution is 2.50. The Labute approximate surface area is 207 Å². The third kappa shape index (κ3) is 5.09. The van der Waals surface area contributed by atoms with E-state index in [1.807, 2.05) is 30.3 Å². The van der Waals surface area contributed by atoms with Crippen molar-refractivity contribution in [3.05, 3.63) is 53.8 Å². The van der Waals surface area contributed by atoms with Gasteiger partial charge in [0.1, 0.15) is 42.4 Å². The minimum Gasteiger partial charge on any atom is -0.472 e. The summed E-state index contributed by atoms with van der Waals surface area (Å²) >= 11 is 0. The molecule has 1 saturated heterocycles. The molecule has 0 amide bonds. The molecule has 2 aliphatic heterocycles. The van der Waals surface area contributed by atoms with E-state index in [1.54, 1.807) is 6.08 Å². The van der Waals surface area contributed by atoms with Crippen LogP contribution in [0.3, 0.4) is 0 Å². The predicted molar refractivity (Wildman–Crippen MR) is 121 cm³/mol. The van der Waals surface area contributed by atoms with Gasteiger partial charge in [-0.15, -0.1) is 0 Å². The maximum absolute atomic E-state index is 12.5. The highest BCUT2D eigenvalue weighted by Gasteiger charge is 2.60. The van der Waals surface area contributed by atoms with Crippen molar-refractivity contribution in [1.29, 1.82) is 0 Å². The first-order valence-electron chi connectivity index (χ1n) is 11.6. The van der Waals surface area contributed by atoms with Gasteiger partial charge in [-0.3, -0.25) is 4.79 Å². The maximum Gasteiger partial charge on any atom is 0.331 e. The fraction of sp³-hybridized carbons (Fsp3) is 0.520. The quantitative estimate of drug-likeness (QED) is 0.179. The second kappa shape index (κ2) is 10.8. The first-order chi connectivity index (χ1) is 17.2. The van der Waals surface area contributed by atoms with Crippen LogP contribution < -0.4 is 0 Å². The van der Waals surface area contributed by atoms with E-state index in [2.05, 4.69) is 0 Å². The lowest BCUT2D eigenvalue weighted by Crippen LogP contribution is -2.61. The van der Waals surface area contributed by atoms with Crippen LogP contribution in [0.5, 0.6) is 0 Å². The van der Waals surface area contributed by atoms with E-state index >= 15 is 0 Å². The SMILES string of the molecule is C[C@@]1(O)[C@H]2[C@H](O[C@@H]3O[C@H](CO)[C@@H](O)[C@@H](O)[C@@H]3O)OC=C(C=O)[C@@H]2C[C@@H]1OC(=O)/C=C/c1ccccc1. The van der Waals surface area contributed by atoms with Crippen LogP contribution in [0.4, 0.5) is 0 Å². The van der Waals surface area contributed by atoms with E-state index in [0.29, 0.717) is 6.29 Å². The molecular weight excluding hydrogens is 476 g/mol. The van der Waals surface area contributed by atoms with Gasteiger partial charge in [0.05, 0.1) is 18.8 Å². The molecule has 0 aromatic heterocycles. The Morgan fingerprint density at radius 2 is 1.86 bits per heavy atom. The van der Waals surface area contributed by atoms with Crippen LogP contribution >= 0.6 is 0 Å². The molecule has 1 saturated carbocycles. The Bertz CT molecular complexity index is 989. The highest BCUT2D eigenvalue weighted by molar-refractivity contribution is 5.87. The minimum absolute atomic E-state index is 0.102. The average Bonchev–Trinajstić information content (AvgIpc) is 3.14. The van der Waals surface area contributed by atoms with Gasteiger partial charge in [0.25, 0.3) is 0 Å². The second-order valence-corrected chi connectivity index (χ2v) is 9.34. The van der Waals surface area contributed by atoms with Gasteiger partial charge in [-0.25, -0.2) is 4.79 Å². The number of carbonyl (C=O) groups is 2. The zero-order valence-corrected chi connectivity index (χ0v) is 19.5. The fourth-order valence-corrected chi connectivity index (χ4v) is 4.98. The third-order valence-electron chi connectivity index (χ3n) is 7.01. The summed E-state index contributed by atoms with van der Waals surface area (Å²) in [7, 11) is 0. The molecule has 0 spiro atoms. The Morgan fingerprint density at radius 3 is 2.53 bits per heavy atom. The lowest BCUT2D eigenvalue weighted by Gasteiger charge is -2.44. The van der Waals surface area contributed by atoms with Crippen molar-refractivity contribution in [3.63, 3.8) is 0 Å². The van der Waals surface area contributed by atoms with Gasteiger partial charge in [-0.05, 0) is 25.0 Å². The first-order valence-corrected chi connectivity index (χ1v) is 11.6. The largest absolute Gasteiger partial charge is 0.472 e. The van der Waals surface area contributed by atoms with Crippen molar-refractivity contribution in [1.82, 2.24) is 0 Å². The summed E-state index contributed by atoms with van der Waals surface area (Å²) in [5.41, 5.74) is -0.705. The van der Waals surface area contributed by atoms with E-state index in [1.165, 1.54) is 19.3 Å². The van der Waals surface area contributed by atoms with Gasteiger partial charge < -0.3 is 44.5 Å². The number of hydrogen-bond acceptors (Lipinski definition) is 11. The average molecular weight is 507 g/mol. The number of aldehydes is 1. The van der Waals surface area contributed by atoms with Crippen LogP contribution in [0.25, 0.3) is 6.08 Å². The molecule has 5 N–H and O–H groups in total. The molecule has 10 atom stereocenters. The molecule has 196 valence electrons. The molecule has 4 rings (SSSR count). The number of fused-ring (bicyclic) bond motifs is 1. The van der Waals surface area contributed by atoms with E-state index in [9.17, 15) is 35.1 Å². The molecule has 0 radical (unpaired) electrons.